The second-order valence-electron chi connectivity index (χ2n) is 8.63. The van der Waals surface area contributed by atoms with Gasteiger partial charge in [-0.15, -0.1) is 0 Å². The predicted octanol–water partition coefficient (Wildman–Crippen LogP) is 4.04. The molecule has 2 fully saturated rings. The Balaban J connectivity index is 1.37. The van der Waals surface area contributed by atoms with Crippen molar-refractivity contribution in [1.29, 1.82) is 0 Å². The molecule has 1 aliphatic carbocycles. The van der Waals surface area contributed by atoms with Gasteiger partial charge >= 0.3 is 0 Å². The lowest BCUT2D eigenvalue weighted by atomic mass is 9.87. The van der Waals surface area contributed by atoms with Gasteiger partial charge in [-0.2, -0.15) is 5.10 Å². The fraction of sp³-hybridized carbons (Fsp3) is 0.591. The Morgan fingerprint density at radius 1 is 1.22 bits per heavy atom. The molecular formula is C22H30N4O. The smallest absolute Gasteiger partial charge is 0.164 e. The molecule has 144 valence electrons. The van der Waals surface area contributed by atoms with Gasteiger partial charge in [0.2, 0.25) is 0 Å². The van der Waals surface area contributed by atoms with Crippen LogP contribution in [-0.2, 0) is 6.54 Å². The van der Waals surface area contributed by atoms with Crippen molar-refractivity contribution < 1.29 is 4.79 Å². The summed E-state index contributed by atoms with van der Waals surface area (Å²) in [5, 5.41) is 4.48. The van der Waals surface area contributed by atoms with Crippen LogP contribution in [0, 0.1) is 18.8 Å². The molecule has 4 rings (SSSR count). The third-order valence-electron chi connectivity index (χ3n) is 6.37. The highest BCUT2D eigenvalue weighted by molar-refractivity contribution is 5.96. The molecule has 1 saturated heterocycles. The Bertz CT molecular complexity index is 812. The van der Waals surface area contributed by atoms with Gasteiger partial charge in [0.1, 0.15) is 0 Å². The molecule has 0 radical (unpaired) electrons. The van der Waals surface area contributed by atoms with Crippen molar-refractivity contribution in [3.63, 3.8) is 0 Å². The molecule has 1 unspecified atom stereocenters. The van der Waals surface area contributed by atoms with Crippen molar-refractivity contribution in [2.45, 2.75) is 65.1 Å². The van der Waals surface area contributed by atoms with Crippen LogP contribution in [0.1, 0.15) is 67.1 Å². The topological polar surface area (TPSA) is 51.0 Å². The van der Waals surface area contributed by atoms with E-state index in [9.17, 15) is 4.79 Å². The zero-order valence-corrected chi connectivity index (χ0v) is 16.6. The molecule has 5 nitrogen and oxygen atoms in total. The normalized spacial score (nSPS) is 25.3. The summed E-state index contributed by atoms with van der Waals surface area (Å²) in [7, 11) is 0. The molecule has 0 bridgehead atoms. The Morgan fingerprint density at radius 2 is 2.07 bits per heavy atom. The van der Waals surface area contributed by atoms with Crippen LogP contribution in [0.25, 0.3) is 0 Å². The largest absolute Gasteiger partial charge is 0.296 e. The number of nitrogens with zero attached hydrogens (tertiary/aromatic N) is 4. The number of ketones is 1. The number of Topliss-reactive ketones (excluding diaryl/α,β-unsaturated/α-hetero) is 1. The number of carbonyl (C=O) groups is 1. The van der Waals surface area contributed by atoms with Crippen LogP contribution in [-0.4, -0.2) is 38.0 Å². The molecule has 2 aliphatic rings. The maximum absolute atomic E-state index is 12.7. The van der Waals surface area contributed by atoms with Crippen LogP contribution in [0.3, 0.4) is 0 Å². The van der Waals surface area contributed by atoms with Gasteiger partial charge in [0.25, 0.3) is 0 Å². The lowest BCUT2D eigenvalue weighted by Crippen LogP contribution is -2.30. The average molecular weight is 367 g/mol. The SMILES string of the molecule is Cc1cncc(C(=O)CC2CC[C@@H]3[C@H]2CCN3Cc2cnn(C(C)C)c2)c1. The third-order valence-corrected chi connectivity index (χ3v) is 6.37. The first-order valence-electron chi connectivity index (χ1n) is 10.2. The molecule has 0 aromatic carbocycles. The van der Waals surface area contributed by atoms with Crippen molar-refractivity contribution in [3.8, 4) is 0 Å². The highest BCUT2D eigenvalue weighted by atomic mass is 16.1. The molecule has 0 amide bonds. The molecule has 3 atom stereocenters. The number of rotatable bonds is 6. The van der Waals surface area contributed by atoms with Gasteiger partial charge in [-0.3, -0.25) is 19.4 Å². The van der Waals surface area contributed by atoms with E-state index in [1.165, 1.54) is 24.8 Å². The summed E-state index contributed by atoms with van der Waals surface area (Å²) in [5.41, 5.74) is 3.13. The minimum Gasteiger partial charge on any atom is -0.296 e. The van der Waals surface area contributed by atoms with Gasteiger partial charge in [0.05, 0.1) is 6.20 Å². The van der Waals surface area contributed by atoms with E-state index < -0.39 is 0 Å². The lowest BCUT2D eigenvalue weighted by molar-refractivity contribution is 0.0948. The summed E-state index contributed by atoms with van der Waals surface area (Å²) < 4.78 is 2.04. The number of hydrogen-bond acceptors (Lipinski definition) is 4. The fourth-order valence-corrected chi connectivity index (χ4v) is 4.98. The molecule has 5 heteroatoms. The first kappa shape index (κ1) is 18.4. The zero-order valence-electron chi connectivity index (χ0n) is 16.6. The fourth-order valence-electron chi connectivity index (χ4n) is 4.98. The molecule has 1 aliphatic heterocycles. The quantitative estimate of drug-likeness (QED) is 0.724. The van der Waals surface area contributed by atoms with Gasteiger partial charge < -0.3 is 0 Å². The molecule has 2 aromatic rings. The first-order chi connectivity index (χ1) is 13.0. The van der Waals surface area contributed by atoms with Gasteiger partial charge in [-0.1, -0.05) is 0 Å². The van der Waals surface area contributed by atoms with Gasteiger partial charge in [0.15, 0.2) is 5.78 Å². The molecular weight excluding hydrogens is 336 g/mol. The van der Waals surface area contributed by atoms with Crippen LogP contribution < -0.4 is 0 Å². The maximum atomic E-state index is 12.7. The van der Waals surface area contributed by atoms with Crippen molar-refractivity contribution in [2.24, 2.45) is 11.8 Å². The monoisotopic (exact) mass is 366 g/mol. The van der Waals surface area contributed by atoms with Crippen LogP contribution in [0.2, 0.25) is 0 Å². The van der Waals surface area contributed by atoms with Crippen molar-refractivity contribution in [3.05, 3.63) is 47.5 Å². The third kappa shape index (κ3) is 3.84. The summed E-state index contributed by atoms with van der Waals surface area (Å²) in [6.07, 6.45) is 12.0. The van der Waals surface area contributed by atoms with Crippen LogP contribution in [0.5, 0.6) is 0 Å². The summed E-state index contributed by atoms with van der Waals surface area (Å²) >= 11 is 0. The van der Waals surface area contributed by atoms with E-state index >= 15 is 0 Å². The summed E-state index contributed by atoms with van der Waals surface area (Å²) in [6, 6.07) is 3.00. The van der Waals surface area contributed by atoms with E-state index in [1.807, 2.05) is 23.9 Å². The maximum Gasteiger partial charge on any atom is 0.164 e. The number of fused-ring (bicyclic) bond motifs is 1. The first-order valence-corrected chi connectivity index (χ1v) is 10.2. The van der Waals surface area contributed by atoms with E-state index in [4.69, 9.17) is 0 Å². The Kier molecular flexibility index (Phi) is 5.13. The average Bonchev–Trinajstić information content (AvgIpc) is 3.34. The second-order valence-corrected chi connectivity index (χ2v) is 8.63. The number of aromatic nitrogens is 3. The summed E-state index contributed by atoms with van der Waals surface area (Å²) in [6.45, 7) is 8.43. The van der Waals surface area contributed by atoms with Gasteiger partial charge in [-0.25, -0.2) is 0 Å². The van der Waals surface area contributed by atoms with Crippen LogP contribution >= 0.6 is 0 Å². The second kappa shape index (κ2) is 7.55. The molecule has 27 heavy (non-hydrogen) atoms. The van der Waals surface area contributed by atoms with Gasteiger partial charge in [-0.05, 0) is 70.0 Å². The van der Waals surface area contributed by atoms with Crippen LogP contribution in [0.4, 0.5) is 0 Å². The number of pyridine rings is 1. The van der Waals surface area contributed by atoms with Crippen molar-refractivity contribution in [1.82, 2.24) is 19.7 Å². The van der Waals surface area contributed by atoms with Crippen molar-refractivity contribution in [2.75, 3.05) is 6.54 Å². The Labute approximate surface area is 161 Å². The molecule has 0 spiro atoms. The summed E-state index contributed by atoms with van der Waals surface area (Å²) in [5.74, 6) is 1.44. The Hall–Kier alpha value is -2.01. The number of aryl methyl sites for hydroxylation is 1. The Morgan fingerprint density at radius 3 is 2.81 bits per heavy atom. The molecule has 3 heterocycles. The highest BCUT2D eigenvalue weighted by Gasteiger charge is 2.44. The highest BCUT2D eigenvalue weighted by Crippen LogP contribution is 2.44. The van der Waals surface area contributed by atoms with Crippen molar-refractivity contribution >= 4 is 5.78 Å². The van der Waals surface area contributed by atoms with Gasteiger partial charge in [0, 0.05) is 54.8 Å². The molecule has 2 aromatic heterocycles. The van der Waals surface area contributed by atoms with E-state index in [2.05, 4.69) is 35.0 Å². The predicted molar refractivity (Wildman–Crippen MR) is 106 cm³/mol. The van der Waals surface area contributed by atoms with E-state index in [-0.39, 0.29) is 5.78 Å². The van der Waals surface area contributed by atoms with E-state index in [1.54, 1.807) is 12.4 Å². The number of hydrogen-bond donors (Lipinski definition) is 0. The van der Waals surface area contributed by atoms with Crippen LogP contribution in [0.15, 0.2) is 30.9 Å². The molecule has 0 N–H and O–H groups in total. The molecule has 1 saturated carbocycles. The standard InChI is InChI=1S/C22H30N4O/c1-15(2)26-14-17(11-24-26)13-25-7-6-20-18(4-5-21(20)25)9-22(27)19-8-16(3)10-23-12-19/h8,10-12,14-15,18,20-21H,4-7,9,13H2,1-3H3/t18?,20-,21+/m0/s1. The van der Waals surface area contributed by atoms with E-state index in [0.29, 0.717) is 30.3 Å². The van der Waals surface area contributed by atoms with E-state index in [0.717, 1.165) is 24.2 Å². The number of carbonyl (C=O) groups excluding carboxylic acids is 1. The minimum atomic E-state index is 0.258. The minimum absolute atomic E-state index is 0.258. The summed E-state index contributed by atoms with van der Waals surface area (Å²) in [4.78, 5) is 19.5. The zero-order chi connectivity index (χ0) is 19.0. The lowest BCUT2D eigenvalue weighted by Gasteiger charge is -2.23. The number of likely N-dealkylation sites (tertiary alicyclic amines) is 1.